The van der Waals surface area contributed by atoms with Crippen molar-refractivity contribution in [3.63, 3.8) is 0 Å². The van der Waals surface area contributed by atoms with Crippen molar-refractivity contribution in [1.29, 1.82) is 0 Å². The van der Waals surface area contributed by atoms with Gasteiger partial charge in [-0.05, 0) is 42.5 Å². The van der Waals surface area contributed by atoms with E-state index in [2.05, 4.69) is 0 Å². The summed E-state index contributed by atoms with van der Waals surface area (Å²) in [5.74, 6) is -0.486. The first-order chi connectivity index (χ1) is 11.5. The van der Waals surface area contributed by atoms with E-state index in [0.29, 0.717) is 6.42 Å². The molecule has 0 atom stereocenters. The van der Waals surface area contributed by atoms with Crippen molar-refractivity contribution in [2.75, 3.05) is 6.54 Å². The van der Waals surface area contributed by atoms with Gasteiger partial charge in [-0.25, -0.2) is 12.7 Å². The van der Waals surface area contributed by atoms with Gasteiger partial charge >= 0.3 is 0 Å². The van der Waals surface area contributed by atoms with Gasteiger partial charge in [0.15, 0.2) is 0 Å². The van der Waals surface area contributed by atoms with Crippen LogP contribution in [0, 0.1) is 6.92 Å². The molecule has 1 aliphatic heterocycles. The number of aryl methyl sites for hydroxylation is 1. The Morgan fingerprint density at radius 1 is 1.00 bits per heavy atom. The Balaban J connectivity index is 1.80. The second-order valence-corrected chi connectivity index (χ2v) is 8.57. The number of sulfonamides is 1. The molecule has 0 N–H and O–H groups in total. The lowest BCUT2D eigenvalue weighted by Crippen LogP contribution is -2.38. The third-order valence-corrected chi connectivity index (χ3v) is 6.60. The van der Waals surface area contributed by atoms with Crippen LogP contribution in [-0.4, -0.2) is 25.2 Å². The zero-order valence-corrected chi connectivity index (χ0v) is 14.8. The van der Waals surface area contributed by atoms with Gasteiger partial charge in [-0.2, -0.15) is 0 Å². The maximum Gasteiger partial charge on any atom is 0.266 e. The molecule has 3 rings (SSSR count). The van der Waals surface area contributed by atoms with Gasteiger partial charge in [0, 0.05) is 17.5 Å². The molecule has 1 heterocycles. The second kappa shape index (κ2) is 6.83. The van der Waals surface area contributed by atoms with E-state index in [1.807, 2.05) is 37.3 Å². The van der Waals surface area contributed by atoms with Crippen molar-refractivity contribution in [2.24, 2.45) is 0 Å². The largest absolute Gasteiger partial charge is 0.269 e. The molecular weight excluding hydrogens is 342 g/mol. The van der Waals surface area contributed by atoms with Crippen LogP contribution in [0.4, 0.5) is 0 Å². The lowest BCUT2D eigenvalue weighted by Gasteiger charge is -2.25. The SMILES string of the molecule is Cc1ccc(S(=O)(=O)N2CCC(Sc3ccccc3)=CC2=O)cc1. The van der Waals surface area contributed by atoms with Crippen LogP contribution in [-0.2, 0) is 14.8 Å². The summed E-state index contributed by atoms with van der Waals surface area (Å²) < 4.78 is 26.2. The average Bonchev–Trinajstić information content (AvgIpc) is 2.56. The predicted molar refractivity (Wildman–Crippen MR) is 95.1 cm³/mol. The van der Waals surface area contributed by atoms with E-state index >= 15 is 0 Å². The maximum atomic E-state index is 12.6. The van der Waals surface area contributed by atoms with Crippen LogP contribution in [0.5, 0.6) is 0 Å². The van der Waals surface area contributed by atoms with Crippen LogP contribution in [0.15, 0.2) is 75.4 Å². The van der Waals surface area contributed by atoms with E-state index < -0.39 is 15.9 Å². The quantitative estimate of drug-likeness (QED) is 0.837. The molecule has 0 unspecified atom stereocenters. The molecule has 1 amide bonds. The Kier molecular flexibility index (Phi) is 4.78. The highest BCUT2D eigenvalue weighted by Gasteiger charge is 2.31. The normalized spacial score (nSPS) is 15.3. The van der Waals surface area contributed by atoms with Gasteiger partial charge in [0.25, 0.3) is 15.9 Å². The van der Waals surface area contributed by atoms with Crippen LogP contribution in [0.1, 0.15) is 12.0 Å². The van der Waals surface area contributed by atoms with Gasteiger partial charge in [0.05, 0.1) is 4.90 Å². The minimum Gasteiger partial charge on any atom is -0.269 e. The lowest BCUT2D eigenvalue weighted by molar-refractivity contribution is -0.122. The fraction of sp³-hybridized carbons (Fsp3) is 0.167. The average molecular weight is 359 g/mol. The van der Waals surface area contributed by atoms with E-state index in [1.54, 1.807) is 12.1 Å². The molecule has 0 aromatic heterocycles. The molecule has 0 saturated carbocycles. The summed E-state index contributed by atoms with van der Waals surface area (Å²) in [5, 5.41) is 0. The first-order valence-corrected chi connectivity index (χ1v) is 9.79. The predicted octanol–water partition coefficient (Wildman–Crippen LogP) is 3.59. The molecule has 6 heteroatoms. The molecule has 1 aliphatic rings. The summed E-state index contributed by atoms with van der Waals surface area (Å²) in [7, 11) is -3.79. The van der Waals surface area contributed by atoms with Gasteiger partial charge in [-0.1, -0.05) is 47.7 Å². The van der Waals surface area contributed by atoms with Crippen molar-refractivity contribution < 1.29 is 13.2 Å². The molecular formula is C18H17NO3S2. The highest BCUT2D eigenvalue weighted by atomic mass is 32.2. The van der Waals surface area contributed by atoms with Gasteiger partial charge in [-0.15, -0.1) is 0 Å². The van der Waals surface area contributed by atoms with Crippen molar-refractivity contribution in [2.45, 2.75) is 23.1 Å². The zero-order valence-electron chi connectivity index (χ0n) is 13.2. The van der Waals surface area contributed by atoms with Crippen LogP contribution >= 0.6 is 11.8 Å². The number of hydrogen-bond donors (Lipinski definition) is 0. The number of carbonyl (C=O) groups is 1. The molecule has 2 aromatic rings. The van der Waals surface area contributed by atoms with Crippen molar-refractivity contribution in [3.8, 4) is 0 Å². The summed E-state index contributed by atoms with van der Waals surface area (Å²) in [4.78, 5) is 14.4. The van der Waals surface area contributed by atoms with Gasteiger partial charge < -0.3 is 0 Å². The summed E-state index contributed by atoms with van der Waals surface area (Å²) >= 11 is 1.50. The Hall–Kier alpha value is -2.05. The van der Waals surface area contributed by atoms with E-state index in [9.17, 15) is 13.2 Å². The third kappa shape index (κ3) is 3.55. The molecule has 0 radical (unpaired) electrons. The summed E-state index contributed by atoms with van der Waals surface area (Å²) in [5.41, 5.74) is 0.973. The topological polar surface area (TPSA) is 54.5 Å². The lowest BCUT2D eigenvalue weighted by atomic mass is 10.2. The molecule has 0 spiro atoms. The van der Waals surface area contributed by atoms with E-state index in [-0.39, 0.29) is 11.4 Å². The summed E-state index contributed by atoms with van der Waals surface area (Å²) in [6.45, 7) is 2.05. The molecule has 0 saturated heterocycles. The summed E-state index contributed by atoms with van der Waals surface area (Å²) in [6, 6.07) is 16.3. The van der Waals surface area contributed by atoms with Crippen molar-refractivity contribution >= 4 is 27.7 Å². The van der Waals surface area contributed by atoms with E-state index in [4.69, 9.17) is 0 Å². The first kappa shape index (κ1) is 16.8. The highest BCUT2D eigenvalue weighted by Crippen LogP contribution is 2.32. The molecule has 124 valence electrons. The third-order valence-electron chi connectivity index (χ3n) is 3.69. The molecule has 0 bridgehead atoms. The highest BCUT2D eigenvalue weighted by molar-refractivity contribution is 8.03. The Bertz CT molecular complexity index is 872. The molecule has 0 fully saturated rings. The minimum atomic E-state index is -3.79. The fourth-order valence-electron chi connectivity index (χ4n) is 2.40. The van der Waals surface area contributed by atoms with Crippen LogP contribution in [0.3, 0.4) is 0 Å². The van der Waals surface area contributed by atoms with Crippen molar-refractivity contribution in [3.05, 3.63) is 71.1 Å². The molecule has 0 aliphatic carbocycles. The molecule has 4 nitrogen and oxygen atoms in total. The smallest absolute Gasteiger partial charge is 0.266 e. The van der Waals surface area contributed by atoms with Crippen LogP contribution < -0.4 is 0 Å². The number of amides is 1. The van der Waals surface area contributed by atoms with Gasteiger partial charge in [-0.3, -0.25) is 4.79 Å². The first-order valence-electron chi connectivity index (χ1n) is 7.54. The number of thioether (sulfide) groups is 1. The van der Waals surface area contributed by atoms with Gasteiger partial charge in [0.1, 0.15) is 0 Å². The van der Waals surface area contributed by atoms with Crippen LogP contribution in [0.2, 0.25) is 0 Å². The van der Waals surface area contributed by atoms with Crippen molar-refractivity contribution in [1.82, 2.24) is 4.31 Å². The Morgan fingerprint density at radius 3 is 2.29 bits per heavy atom. The number of nitrogens with zero attached hydrogens (tertiary/aromatic N) is 1. The molecule has 24 heavy (non-hydrogen) atoms. The minimum absolute atomic E-state index is 0.147. The van der Waals surface area contributed by atoms with Gasteiger partial charge in [0.2, 0.25) is 0 Å². The standard InChI is InChI=1S/C18H17NO3S2/c1-14-7-9-17(10-8-14)24(21,22)19-12-11-16(13-18(19)20)23-15-5-3-2-4-6-15/h2-10,13H,11-12H2,1H3. The number of benzene rings is 2. The molecule has 2 aromatic carbocycles. The Morgan fingerprint density at radius 2 is 1.67 bits per heavy atom. The van der Waals surface area contributed by atoms with E-state index in [1.165, 1.54) is 30.0 Å². The Labute approximate surface area is 146 Å². The van der Waals surface area contributed by atoms with E-state index in [0.717, 1.165) is 19.7 Å². The fourth-order valence-corrected chi connectivity index (χ4v) is 4.71. The number of carbonyl (C=O) groups excluding carboxylic acids is 1. The zero-order chi connectivity index (χ0) is 17.2. The maximum absolute atomic E-state index is 12.6. The monoisotopic (exact) mass is 359 g/mol. The second-order valence-electron chi connectivity index (χ2n) is 5.50. The number of rotatable bonds is 4. The summed E-state index contributed by atoms with van der Waals surface area (Å²) in [6.07, 6.45) is 1.95. The number of hydrogen-bond acceptors (Lipinski definition) is 4. The van der Waals surface area contributed by atoms with Crippen LogP contribution in [0.25, 0.3) is 0 Å².